The fraction of sp³-hybridized carbons (Fsp3) is 0.400. The third-order valence-electron chi connectivity index (χ3n) is 1.97. The van der Waals surface area contributed by atoms with Gasteiger partial charge in [-0.15, -0.1) is 0 Å². The van der Waals surface area contributed by atoms with Crippen molar-refractivity contribution < 1.29 is 9.84 Å². The summed E-state index contributed by atoms with van der Waals surface area (Å²) in [5.41, 5.74) is 12.0. The number of hydrogen-bond acceptors (Lipinski definition) is 4. The van der Waals surface area contributed by atoms with Crippen molar-refractivity contribution in [3.63, 3.8) is 0 Å². The van der Waals surface area contributed by atoms with Gasteiger partial charge in [-0.2, -0.15) is 0 Å². The van der Waals surface area contributed by atoms with E-state index in [1.54, 1.807) is 12.1 Å². The van der Waals surface area contributed by atoms with Gasteiger partial charge in [0.2, 0.25) is 0 Å². The summed E-state index contributed by atoms with van der Waals surface area (Å²) in [5.74, 6) is 0.543. The maximum Gasteiger partial charge on any atom is 0.165 e. The van der Waals surface area contributed by atoms with E-state index in [2.05, 4.69) is 0 Å². The summed E-state index contributed by atoms with van der Waals surface area (Å²) >= 11 is 0. The Morgan fingerprint density at radius 2 is 2.21 bits per heavy atom. The molecular formula is C10H16N2O2. The van der Waals surface area contributed by atoms with Crippen molar-refractivity contribution in [2.24, 2.45) is 11.5 Å². The molecule has 0 saturated carbocycles. The molecule has 0 radical (unpaired) electrons. The van der Waals surface area contributed by atoms with E-state index < -0.39 is 0 Å². The largest absolute Gasteiger partial charge is 0.504 e. The van der Waals surface area contributed by atoms with E-state index in [1.807, 2.05) is 13.0 Å². The molecule has 0 saturated heterocycles. The van der Waals surface area contributed by atoms with Crippen molar-refractivity contribution >= 4 is 0 Å². The lowest BCUT2D eigenvalue weighted by atomic mass is 10.1. The molecule has 0 bridgehead atoms. The number of hydrogen-bond donors (Lipinski definition) is 3. The van der Waals surface area contributed by atoms with Crippen LogP contribution in [0.4, 0.5) is 0 Å². The number of ether oxygens (including phenoxy) is 1. The monoisotopic (exact) mass is 196 g/mol. The maximum absolute atomic E-state index is 9.55. The van der Waals surface area contributed by atoms with Crippen molar-refractivity contribution in [3.05, 3.63) is 23.8 Å². The highest BCUT2D eigenvalue weighted by Crippen LogP contribution is 2.32. The molecule has 0 aliphatic rings. The second-order valence-electron chi connectivity index (χ2n) is 2.97. The zero-order chi connectivity index (χ0) is 10.6. The number of nitrogens with two attached hydrogens (primary N) is 2. The molecule has 5 N–H and O–H groups in total. The van der Waals surface area contributed by atoms with Crippen LogP contribution in [0.25, 0.3) is 0 Å². The molecule has 0 amide bonds. The van der Waals surface area contributed by atoms with E-state index in [1.165, 1.54) is 0 Å². The highest BCUT2D eigenvalue weighted by Gasteiger charge is 2.13. The number of benzene rings is 1. The van der Waals surface area contributed by atoms with E-state index in [4.69, 9.17) is 16.2 Å². The topological polar surface area (TPSA) is 81.5 Å². The van der Waals surface area contributed by atoms with Crippen LogP contribution in [0.15, 0.2) is 18.2 Å². The summed E-state index contributed by atoms with van der Waals surface area (Å²) in [6, 6.07) is 4.80. The summed E-state index contributed by atoms with van der Waals surface area (Å²) < 4.78 is 5.31. The molecule has 1 atom stereocenters. The van der Waals surface area contributed by atoms with E-state index in [0.717, 1.165) is 5.56 Å². The standard InChI is InChI=1S/C10H16N2O2/c1-2-14-10-7(8(12)6-11)4-3-5-9(10)13/h3-5,8,13H,2,6,11-12H2,1H3/t8-/m0/s1. The average Bonchev–Trinajstić information content (AvgIpc) is 2.20. The Morgan fingerprint density at radius 1 is 1.50 bits per heavy atom. The van der Waals surface area contributed by atoms with Crippen LogP contribution in [0.1, 0.15) is 18.5 Å². The van der Waals surface area contributed by atoms with Gasteiger partial charge >= 0.3 is 0 Å². The Labute approximate surface area is 83.5 Å². The lowest BCUT2D eigenvalue weighted by molar-refractivity contribution is 0.312. The van der Waals surface area contributed by atoms with Crippen LogP contribution in [-0.4, -0.2) is 18.3 Å². The Balaban J connectivity index is 3.07. The minimum absolute atomic E-state index is 0.105. The smallest absolute Gasteiger partial charge is 0.165 e. The molecule has 1 aromatic carbocycles. The zero-order valence-electron chi connectivity index (χ0n) is 8.23. The van der Waals surface area contributed by atoms with Crippen LogP contribution >= 0.6 is 0 Å². The Hall–Kier alpha value is -1.26. The molecule has 0 spiro atoms. The lowest BCUT2D eigenvalue weighted by Crippen LogP contribution is -2.21. The molecule has 14 heavy (non-hydrogen) atoms. The number of phenolic OH excluding ortho intramolecular Hbond substituents is 1. The second kappa shape index (κ2) is 4.83. The van der Waals surface area contributed by atoms with Crippen molar-refractivity contribution in [3.8, 4) is 11.5 Å². The molecule has 0 heterocycles. The normalized spacial score (nSPS) is 12.5. The molecule has 4 heteroatoms. The molecule has 0 fully saturated rings. The predicted octanol–water partition coefficient (Wildman–Crippen LogP) is 0.749. The predicted molar refractivity (Wildman–Crippen MR) is 55.3 cm³/mol. The first-order chi connectivity index (χ1) is 6.70. The van der Waals surface area contributed by atoms with Crippen LogP contribution in [0.5, 0.6) is 11.5 Å². The highest BCUT2D eigenvalue weighted by molar-refractivity contribution is 5.47. The van der Waals surface area contributed by atoms with Crippen molar-refractivity contribution in [2.45, 2.75) is 13.0 Å². The minimum Gasteiger partial charge on any atom is -0.504 e. The SMILES string of the molecule is CCOc1c(O)cccc1[C@@H](N)CN. The molecule has 78 valence electrons. The van der Waals surface area contributed by atoms with Crippen LogP contribution in [-0.2, 0) is 0 Å². The van der Waals surface area contributed by atoms with Crippen LogP contribution in [0.3, 0.4) is 0 Å². The van der Waals surface area contributed by atoms with Crippen molar-refractivity contribution in [2.75, 3.05) is 13.2 Å². The van der Waals surface area contributed by atoms with Gasteiger partial charge in [-0.3, -0.25) is 0 Å². The summed E-state index contributed by atoms with van der Waals surface area (Å²) in [6.07, 6.45) is 0. The molecule has 1 rings (SSSR count). The summed E-state index contributed by atoms with van der Waals surface area (Å²) in [4.78, 5) is 0. The van der Waals surface area contributed by atoms with Gasteiger partial charge < -0.3 is 21.3 Å². The van der Waals surface area contributed by atoms with Gasteiger partial charge in [0.25, 0.3) is 0 Å². The van der Waals surface area contributed by atoms with Gasteiger partial charge in [-0.05, 0) is 13.0 Å². The number of rotatable bonds is 4. The second-order valence-corrected chi connectivity index (χ2v) is 2.97. The number of aromatic hydroxyl groups is 1. The first-order valence-electron chi connectivity index (χ1n) is 4.61. The van der Waals surface area contributed by atoms with Gasteiger partial charge in [-0.1, -0.05) is 12.1 Å². The van der Waals surface area contributed by atoms with Gasteiger partial charge in [0.15, 0.2) is 11.5 Å². The van der Waals surface area contributed by atoms with Gasteiger partial charge in [0, 0.05) is 18.2 Å². The van der Waals surface area contributed by atoms with Gasteiger partial charge in [-0.25, -0.2) is 0 Å². The first kappa shape index (κ1) is 10.8. The number of phenols is 1. The molecular weight excluding hydrogens is 180 g/mol. The van der Waals surface area contributed by atoms with Gasteiger partial charge in [0.05, 0.1) is 6.61 Å². The highest BCUT2D eigenvalue weighted by atomic mass is 16.5. The fourth-order valence-corrected chi connectivity index (χ4v) is 1.26. The Kier molecular flexibility index (Phi) is 3.73. The van der Waals surface area contributed by atoms with Gasteiger partial charge in [0.1, 0.15) is 0 Å². The van der Waals surface area contributed by atoms with E-state index >= 15 is 0 Å². The van der Waals surface area contributed by atoms with Crippen LogP contribution in [0, 0.1) is 0 Å². The quantitative estimate of drug-likeness (QED) is 0.663. The molecule has 0 aromatic heterocycles. The van der Waals surface area contributed by atoms with E-state index in [-0.39, 0.29) is 11.8 Å². The van der Waals surface area contributed by atoms with Crippen LogP contribution < -0.4 is 16.2 Å². The first-order valence-corrected chi connectivity index (χ1v) is 4.61. The number of para-hydroxylation sites is 1. The molecule has 4 nitrogen and oxygen atoms in total. The zero-order valence-corrected chi connectivity index (χ0v) is 8.23. The fourth-order valence-electron chi connectivity index (χ4n) is 1.26. The molecule has 0 aliphatic heterocycles. The summed E-state index contributed by atoms with van der Waals surface area (Å²) in [7, 11) is 0. The summed E-state index contributed by atoms with van der Waals surface area (Å²) in [5, 5.41) is 9.55. The molecule has 0 unspecified atom stereocenters. The Bertz CT molecular complexity index is 302. The Morgan fingerprint density at radius 3 is 2.79 bits per heavy atom. The maximum atomic E-state index is 9.55. The molecule has 1 aromatic rings. The van der Waals surface area contributed by atoms with Crippen molar-refractivity contribution in [1.82, 2.24) is 0 Å². The van der Waals surface area contributed by atoms with Crippen molar-refractivity contribution in [1.29, 1.82) is 0 Å². The third kappa shape index (κ3) is 2.16. The summed E-state index contributed by atoms with van der Waals surface area (Å²) in [6.45, 7) is 2.66. The average molecular weight is 196 g/mol. The third-order valence-corrected chi connectivity index (χ3v) is 1.97. The van der Waals surface area contributed by atoms with E-state index in [0.29, 0.717) is 18.9 Å². The van der Waals surface area contributed by atoms with Crippen LogP contribution in [0.2, 0.25) is 0 Å². The minimum atomic E-state index is -0.302. The van der Waals surface area contributed by atoms with E-state index in [9.17, 15) is 5.11 Å². The lowest BCUT2D eigenvalue weighted by Gasteiger charge is -2.15. The molecule has 0 aliphatic carbocycles.